The maximum atomic E-state index is 14.8. The summed E-state index contributed by atoms with van der Waals surface area (Å²) < 4.78 is 20.3. The Labute approximate surface area is 175 Å². The van der Waals surface area contributed by atoms with Crippen LogP contribution in [-0.4, -0.2) is 22.5 Å². The van der Waals surface area contributed by atoms with Crippen molar-refractivity contribution in [2.24, 2.45) is 0 Å². The number of aromatic nitrogens is 2. The number of benzene rings is 1. The molecule has 3 aromatic rings. The third-order valence-electron chi connectivity index (χ3n) is 4.41. The number of nitrogens with zero attached hydrogens (tertiary/aromatic N) is 2. The van der Waals surface area contributed by atoms with Gasteiger partial charge in [0.1, 0.15) is 5.69 Å². The van der Waals surface area contributed by atoms with E-state index >= 15 is 0 Å². The summed E-state index contributed by atoms with van der Waals surface area (Å²) in [6.07, 6.45) is 5.01. The molecular formula is C24H24FN3O2. The summed E-state index contributed by atoms with van der Waals surface area (Å²) in [5.41, 5.74) is 2.25. The molecule has 6 heteroatoms. The quantitative estimate of drug-likeness (QED) is 0.428. The largest absolute Gasteiger partial charge is 0.490 e. The van der Waals surface area contributed by atoms with E-state index in [0.717, 1.165) is 12.8 Å². The zero-order chi connectivity index (χ0) is 21.3. The lowest BCUT2D eigenvalue weighted by atomic mass is 10.1. The van der Waals surface area contributed by atoms with Crippen LogP contribution < -0.4 is 10.1 Å². The topological polar surface area (TPSA) is 64.1 Å². The number of pyridine rings is 2. The first kappa shape index (κ1) is 21.3. The number of unbranched alkanes of at least 4 members (excludes halogenated alkanes) is 2. The summed E-state index contributed by atoms with van der Waals surface area (Å²) in [5, 5.41) is 2.60. The van der Waals surface area contributed by atoms with Crippen molar-refractivity contribution in [2.75, 3.05) is 11.9 Å². The zero-order valence-electron chi connectivity index (χ0n) is 17.2. The monoisotopic (exact) mass is 405 g/mol. The predicted molar refractivity (Wildman–Crippen MR) is 116 cm³/mol. The van der Waals surface area contributed by atoms with E-state index < -0.39 is 11.7 Å². The van der Waals surface area contributed by atoms with Gasteiger partial charge in [0.15, 0.2) is 11.6 Å². The summed E-state index contributed by atoms with van der Waals surface area (Å²) in [6.45, 7) is 4.21. The molecule has 0 saturated heterocycles. The van der Waals surface area contributed by atoms with Gasteiger partial charge in [-0.3, -0.25) is 9.78 Å². The molecule has 1 amide bonds. The number of fused-ring (bicyclic) bond motifs is 1. The fraction of sp³-hybridized carbons (Fsp3) is 0.292. The Morgan fingerprint density at radius 3 is 2.83 bits per heavy atom. The Morgan fingerprint density at radius 2 is 2.00 bits per heavy atom. The van der Waals surface area contributed by atoms with E-state index in [1.165, 1.54) is 6.07 Å². The highest BCUT2D eigenvalue weighted by molar-refractivity contribution is 6.05. The molecule has 2 aromatic heterocycles. The van der Waals surface area contributed by atoms with Gasteiger partial charge in [0.2, 0.25) is 0 Å². The van der Waals surface area contributed by atoms with E-state index in [9.17, 15) is 9.18 Å². The molecule has 0 atom stereocenters. The molecule has 0 fully saturated rings. The molecule has 1 aromatic carbocycles. The van der Waals surface area contributed by atoms with Crippen LogP contribution in [0.5, 0.6) is 5.75 Å². The smallest absolute Gasteiger partial charge is 0.274 e. The third-order valence-corrected chi connectivity index (χ3v) is 4.41. The summed E-state index contributed by atoms with van der Waals surface area (Å²) in [4.78, 5) is 21.3. The molecule has 0 saturated carbocycles. The number of rotatable bonds is 7. The molecule has 154 valence electrons. The number of amides is 1. The fourth-order valence-corrected chi connectivity index (χ4v) is 2.87. The maximum absolute atomic E-state index is 14.8. The van der Waals surface area contributed by atoms with Gasteiger partial charge in [-0.05, 0) is 55.7 Å². The Morgan fingerprint density at radius 1 is 1.17 bits per heavy atom. The van der Waals surface area contributed by atoms with Gasteiger partial charge in [0.25, 0.3) is 5.91 Å². The van der Waals surface area contributed by atoms with Crippen molar-refractivity contribution in [3.05, 3.63) is 59.7 Å². The standard InChI is InChI=1S/C24H24FN3O2/c1-3-4-5-6-7-8-15-30-21-13-9-11-19(22(21)25)28-24(29)23-17(2)16-20-18(27-23)12-10-14-26-20/h9-14,16H,3-4,7-8,15H2,1-2H3,(H,28,29). The molecular weight excluding hydrogens is 381 g/mol. The number of anilines is 1. The van der Waals surface area contributed by atoms with Crippen LogP contribution in [0.15, 0.2) is 42.6 Å². The summed E-state index contributed by atoms with van der Waals surface area (Å²) in [6, 6.07) is 9.99. The zero-order valence-corrected chi connectivity index (χ0v) is 17.2. The van der Waals surface area contributed by atoms with Crippen molar-refractivity contribution < 1.29 is 13.9 Å². The molecule has 1 N–H and O–H groups in total. The minimum atomic E-state index is -0.608. The summed E-state index contributed by atoms with van der Waals surface area (Å²) in [7, 11) is 0. The molecule has 0 radical (unpaired) electrons. The lowest BCUT2D eigenvalue weighted by Crippen LogP contribution is -2.16. The van der Waals surface area contributed by atoms with Crippen molar-refractivity contribution in [3.8, 4) is 17.6 Å². The number of ether oxygens (including phenoxy) is 1. The van der Waals surface area contributed by atoms with E-state index in [2.05, 4.69) is 34.0 Å². The minimum absolute atomic E-state index is 0.0488. The molecule has 2 heterocycles. The highest BCUT2D eigenvalue weighted by Crippen LogP contribution is 2.25. The van der Waals surface area contributed by atoms with E-state index in [0.29, 0.717) is 36.0 Å². The van der Waals surface area contributed by atoms with E-state index in [1.807, 2.05) is 0 Å². The van der Waals surface area contributed by atoms with Gasteiger partial charge in [0.05, 0.1) is 23.3 Å². The molecule has 0 spiro atoms. The Hall–Kier alpha value is -3.46. The molecule has 0 bridgehead atoms. The molecule has 5 nitrogen and oxygen atoms in total. The number of carbonyl (C=O) groups is 1. The predicted octanol–water partition coefficient (Wildman–Crippen LogP) is 5.29. The average Bonchev–Trinajstić information content (AvgIpc) is 2.75. The van der Waals surface area contributed by atoms with Gasteiger partial charge < -0.3 is 10.1 Å². The minimum Gasteiger partial charge on any atom is -0.490 e. The van der Waals surface area contributed by atoms with Crippen molar-refractivity contribution in [3.63, 3.8) is 0 Å². The highest BCUT2D eigenvalue weighted by Gasteiger charge is 2.16. The van der Waals surface area contributed by atoms with E-state index in [1.54, 1.807) is 43.5 Å². The molecule has 30 heavy (non-hydrogen) atoms. The van der Waals surface area contributed by atoms with Crippen molar-refractivity contribution in [1.29, 1.82) is 0 Å². The van der Waals surface area contributed by atoms with Gasteiger partial charge in [-0.2, -0.15) is 0 Å². The molecule has 0 aliphatic heterocycles. The normalized spacial score (nSPS) is 10.4. The van der Waals surface area contributed by atoms with Crippen LogP contribution in [0.4, 0.5) is 10.1 Å². The van der Waals surface area contributed by atoms with Gasteiger partial charge in [0, 0.05) is 19.0 Å². The van der Waals surface area contributed by atoms with E-state index in [4.69, 9.17) is 4.74 Å². The van der Waals surface area contributed by atoms with E-state index in [-0.39, 0.29) is 17.1 Å². The molecule has 3 rings (SSSR count). The maximum Gasteiger partial charge on any atom is 0.274 e. The first-order valence-corrected chi connectivity index (χ1v) is 10.0. The second-order valence-corrected chi connectivity index (χ2v) is 6.82. The highest BCUT2D eigenvalue weighted by atomic mass is 19.1. The van der Waals surface area contributed by atoms with Crippen molar-refractivity contribution >= 4 is 22.6 Å². The van der Waals surface area contributed by atoms with Crippen LogP contribution in [0.1, 0.15) is 48.7 Å². The Bertz CT molecular complexity index is 1100. The van der Waals surface area contributed by atoms with Crippen LogP contribution in [-0.2, 0) is 0 Å². The van der Waals surface area contributed by atoms with Crippen LogP contribution in [0, 0.1) is 24.6 Å². The summed E-state index contributed by atoms with van der Waals surface area (Å²) >= 11 is 0. The first-order valence-electron chi connectivity index (χ1n) is 10.0. The summed E-state index contributed by atoms with van der Waals surface area (Å²) in [5.74, 6) is 5.14. The number of halogens is 1. The average molecular weight is 405 g/mol. The first-order chi connectivity index (χ1) is 14.6. The molecule has 0 aliphatic rings. The number of nitrogens with one attached hydrogen (secondary N) is 1. The van der Waals surface area contributed by atoms with Gasteiger partial charge in [-0.15, -0.1) is 11.8 Å². The number of hydrogen-bond acceptors (Lipinski definition) is 4. The Kier molecular flexibility index (Phi) is 7.34. The van der Waals surface area contributed by atoms with Crippen molar-refractivity contribution in [2.45, 2.75) is 39.5 Å². The number of carbonyl (C=O) groups excluding carboxylic acids is 1. The van der Waals surface area contributed by atoms with Crippen LogP contribution in [0.25, 0.3) is 11.0 Å². The number of aryl methyl sites for hydroxylation is 1. The van der Waals surface area contributed by atoms with Gasteiger partial charge in [-0.1, -0.05) is 13.0 Å². The lowest BCUT2D eigenvalue weighted by Gasteiger charge is -2.12. The molecule has 0 unspecified atom stereocenters. The second kappa shape index (κ2) is 10.4. The third kappa shape index (κ3) is 5.32. The molecule has 0 aliphatic carbocycles. The Balaban J connectivity index is 1.67. The van der Waals surface area contributed by atoms with Crippen molar-refractivity contribution in [1.82, 2.24) is 9.97 Å². The second-order valence-electron chi connectivity index (χ2n) is 6.82. The lowest BCUT2D eigenvalue weighted by molar-refractivity contribution is 0.102. The van der Waals surface area contributed by atoms with Crippen LogP contribution >= 0.6 is 0 Å². The van der Waals surface area contributed by atoms with Crippen LogP contribution in [0.3, 0.4) is 0 Å². The number of hydrogen-bond donors (Lipinski definition) is 1. The van der Waals surface area contributed by atoms with Crippen LogP contribution in [0.2, 0.25) is 0 Å². The van der Waals surface area contributed by atoms with Gasteiger partial charge >= 0.3 is 0 Å². The van der Waals surface area contributed by atoms with Gasteiger partial charge in [-0.25, -0.2) is 9.37 Å². The fourth-order valence-electron chi connectivity index (χ4n) is 2.87. The SMILES string of the molecule is CCCC#CCCCOc1cccc(NC(=O)c2nc3cccnc3cc2C)c1F.